The van der Waals surface area contributed by atoms with E-state index < -0.39 is 11.7 Å². The number of hydrogen-bond acceptors (Lipinski definition) is 5. The maximum Gasteiger partial charge on any atom is 0.417 e. The van der Waals surface area contributed by atoms with Gasteiger partial charge in [-0.25, -0.2) is 9.97 Å². The van der Waals surface area contributed by atoms with Gasteiger partial charge in [0.05, 0.1) is 17.0 Å². The second-order valence-electron chi connectivity index (χ2n) is 6.66. The minimum atomic E-state index is -4.43. The topological polar surface area (TPSA) is 54.2 Å². The third-order valence-electron chi connectivity index (χ3n) is 4.65. The Labute approximate surface area is 174 Å². The largest absolute Gasteiger partial charge is 0.417 e. The second-order valence-corrected chi connectivity index (χ2v) is 7.52. The number of thiazole rings is 1. The lowest BCUT2D eigenvalue weighted by Gasteiger charge is -2.08. The number of imidazole rings is 1. The summed E-state index contributed by atoms with van der Waals surface area (Å²) < 4.78 is 40.9. The highest BCUT2D eigenvalue weighted by molar-refractivity contribution is 7.14. The van der Waals surface area contributed by atoms with Crippen LogP contribution in [0.25, 0.3) is 22.7 Å². The maximum atomic E-state index is 13.1. The first-order valence-electron chi connectivity index (χ1n) is 9.02. The van der Waals surface area contributed by atoms with Gasteiger partial charge in [0.15, 0.2) is 5.13 Å². The highest BCUT2D eigenvalue weighted by Gasteiger charge is 2.31. The van der Waals surface area contributed by atoms with Crippen molar-refractivity contribution in [1.29, 1.82) is 0 Å². The van der Waals surface area contributed by atoms with Gasteiger partial charge in [0, 0.05) is 30.0 Å². The lowest BCUT2D eigenvalue weighted by atomic mass is 10.1. The molecule has 0 amide bonds. The van der Waals surface area contributed by atoms with Crippen molar-refractivity contribution < 1.29 is 13.2 Å². The van der Waals surface area contributed by atoms with Gasteiger partial charge in [-0.2, -0.15) is 13.2 Å². The summed E-state index contributed by atoms with van der Waals surface area (Å²) in [7, 11) is 1.81. The fraction of sp³-hybridized carbons (Fsp3) is 0.143. The van der Waals surface area contributed by atoms with E-state index in [4.69, 9.17) is 0 Å². The molecule has 3 aromatic heterocycles. The molecule has 0 aliphatic carbocycles. The predicted octanol–water partition coefficient (Wildman–Crippen LogP) is 5.72. The van der Waals surface area contributed by atoms with Crippen LogP contribution in [0.3, 0.4) is 0 Å². The molecule has 0 radical (unpaired) electrons. The highest BCUT2D eigenvalue weighted by Crippen LogP contribution is 2.33. The van der Waals surface area contributed by atoms with Crippen LogP contribution < -0.4 is 10.6 Å². The molecule has 0 unspecified atom stereocenters. The molecule has 0 aliphatic rings. The number of aryl methyl sites for hydroxylation is 1. The van der Waals surface area contributed by atoms with Crippen LogP contribution in [0.15, 0.2) is 54.6 Å². The number of halogens is 3. The molecule has 0 fully saturated rings. The Morgan fingerprint density at radius 2 is 1.83 bits per heavy atom. The smallest absolute Gasteiger partial charge is 0.388 e. The zero-order valence-electron chi connectivity index (χ0n) is 16.2. The highest BCUT2D eigenvalue weighted by atomic mass is 32.1. The van der Waals surface area contributed by atoms with Gasteiger partial charge in [-0.1, -0.05) is 18.7 Å². The molecule has 0 bridgehead atoms. The third-order valence-corrected chi connectivity index (χ3v) is 5.41. The summed E-state index contributed by atoms with van der Waals surface area (Å²) in [6, 6.07) is 10.1. The SMILES string of the molecule is C=C(NC)c1ccc(Nc2nc(-c3c(C)nc4ccc(C(F)(F)F)cn34)cs2)cc1. The van der Waals surface area contributed by atoms with Crippen LogP contribution in [0.1, 0.15) is 16.8 Å². The Hall–Kier alpha value is -3.33. The Balaban J connectivity index is 1.64. The third kappa shape index (κ3) is 3.76. The van der Waals surface area contributed by atoms with Crippen LogP contribution in [-0.2, 0) is 6.18 Å². The molecule has 0 saturated heterocycles. The summed E-state index contributed by atoms with van der Waals surface area (Å²) in [5.41, 5.74) is 4.07. The Morgan fingerprint density at radius 3 is 2.50 bits per heavy atom. The van der Waals surface area contributed by atoms with Crippen LogP contribution in [0.4, 0.5) is 24.0 Å². The lowest BCUT2D eigenvalue weighted by Crippen LogP contribution is -2.06. The number of pyridine rings is 1. The van der Waals surface area contributed by atoms with Crippen molar-refractivity contribution in [3.05, 3.63) is 71.4 Å². The van der Waals surface area contributed by atoms with E-state index in [0.29, 0.717) is 27.9 Å². The second kappa shape index (κ2) is 7.49. The average molecular weight is 429 g/mol. The molecule has 154 valence electrons. The quantitative estimate of drug-likeness (QED) is 0.426. The minimum absolute atomic E-state index is 0.443. The van der Waals surface area contributed by atoms with Crippen molar-refractivity contribution in [2.45, 2.75) is 13.1 Å². The number of fused-ring (bicyclic) bond motifs is 1. The first kappa shape index (κ1) is 20.0. The fourth-order valence-corrected chi connectivity index (χ4v) is 3.82. The van der Waals surface area contributed by atoms with Gasteiger partial charge in [0.2, 0.25) is 0 Å². The molecule has 0 spiro atoms. The molecule has 4 aromatic rings. The van der Waals surface area contributed by atoms with E-state index in [9.17, 15) is 13.2 Å². The number of aromatic nitrogens is 3. The number of hydrogen-bond donors (Lipinski definition) is 2. The molecular formula is C21H18F3N5S. The van der Waals surface area contributed by atoms with Crippen molar-refractivity contribution in [1.82, 2.24) is 19.7 Å². The van der Waals surface area contributed by atoms with E-state index in [2.05, 4.69) is 27.2 Å². The number of anilines is 2. The van der Waals surface area contributed by atoms with Crippen LogP contribution in [0, 0.1) is 6.92 Å². The van der Waals surface area contributed by atoms with E-state index in [-0.39, 0.29) is 0 Å². The molecule has 2 N–H and O–H groups in total. The molecule has 9 heteroatoms. The minimum Gasteiger partial charge on any atom is -0.388 e. The first-order chi connectivity index (χ1) is 14.3. The first-order valence-corrected chi connectivity index (χ1v) is 9.90. The summed E-state index contributed by atoms with van der Waals surface area (Å²) >= 11 is 1.37. The summed E-state index contributed by atoms with van der Waals surface area (Å²) in [4.78, 5) is 8.93. The van der Waals surface area contributed by atoms with Gasteiger partial charge < -0.3 is 10.6 Å². The van der Waals surface area contributed by atoms with Gasteiger partial charge in [-0.05, 0) is 36.8 Å². The van der Waals surface area contributed by atoms with Crippen molar-refractivity contribution in [3.63, 3.8) is 0 Å². The Kier molecular flexibility index (Phi) is 4.98. The molecule has 4 rings (SSSR count). The number of nitrogens with one attached hydrogen (secondary N) is 2. The fourth-order valence-electron chi connectivity index (χ4n) is 3.10. The molecular weight excluding hydrogens is 411 g/mol. The van der Waals surface area contributed by atoms with E-state index in [1.54, 1.807) is 12.3 Å². The van der Waals surface area contributed by atoms with Gasteiger partial charge >= 0.3 is 6.18 Å². The lowest BCUT2D eigenvalue weighted by molar-refractivity contribution is -0.137. The van der Waals surface area contributed by atoms with Gasteiger partial charge in [-0.3, -0.25) is 4.40 Å². The van der Waals surface area contributed by atoms with Crippen molar-refractivity contribution in [3.8, 4) is 11.4 Å². The van der Waals surface area contributed by atoms with Gasteiger partial charge in [0.1, 0.15) is 11.3 Å². The summed E-state index contributed by atoms with van der Waals surface area (Å²) in [5, 5.41) is 8.65. The molecule has 30 heavy (non-hydrogen) atoms. The molecule has 5 nitrogen and oxygen atoms in total. The van der Waals surface area contributed by atoms with E-state index in [0.717, 1.165) is 29.2 Å². The average Bonchev–Trinajstić information content (AvgIpc) is 3.29. The van der Waals surface area contributed by atoms with E-state index >= 15 is 0 Å². The van der Waals surface area contributed by atoms with Crippen molar-refractivity contribution >= 4 is 33.5 Å². The number of alkyl halides is 3. The van der Waals surface area contributed by atoms with Crippen LogP contribution in [0.5, 0.6) is 0 Å². The Morgan fingerprint density at radius 1 is 1.10 bits per heavy atom. The number of nitrogens with zero attached hydrogens (tertiary/aromatic N) is 3. The van der Waals surface area contributed by atoms with Gasteiger partial charge in [0.25, 0.3) is 0 Å². The number of benzene rings is 1. The Bertz CT molecular complexity index is 1220. The summed E-state index contributed by atoms with van der Waals surface area (Å²) in [6.07, 6.45) is -3.37. The van der Waals surface area contributed by atoms with E-state index in [1.807, 2.05) is 31.3 Å². The van der Waals surface area contributed by atoms with Crippen molar-refractivity contribution in [2.75, 3.05) is 12.4 Å². The van der Waals surface area contributed by atoms with Crippen LogP contribution in [0.2, 0.25) is 0 Å². The summed E-state index contributed by atoms with van der Waals surface area (Å²) in [5.74, 6) is 0. The molecule has 1 aromatic carbocycles. The molecule has 3 heterocycles. The zero-order chi connectivity index (χ0) is 21.5. The zero-order valence-corrected chi connectivity index (χ0v) is 17.0. The molecule has 0 atom stereocenters. The maximum absolute atomic E-state index is 13.1. The predicted molar refractivity (Wildman–Crippen MR) is 114 cm³/mol. The number of rotatable bonds is 5. The van der Waals surface area contributed by atoms with Gasteiger partial charge in [-0.15, -0.1) is 11.3 Å². The molecule has 0 saturated carbocycles. The molecule has 0 aliphatic heterocycles. The van der Waals surface area contributed by atoms with Crippen LogP contribution in [-0.4, -0.2) is 21.4 Å². The standard InChI is InChI=1S/C21H18F3N5S/c1-12(25-3)14-4-7-16(8-5-14)27-20-28-17(11-30-20)19-13(2)26-18-9-6-15(10-29(18)19)21(22,23)24/h4-11,25H,1H2,2-3H3,(H,27,28). The van der Waals surface area contributed by atoms with Crippen LogP contribution >= 0.6 is 11.3 Å². The summed E-state index contributed by atoms with van der Waals surface area (Å²) in [6.45, 7) is 5.68. The van der Waals surface area contributed by atoms with E-state index in [1.165, 1.54) is 21.8 Å². The van der Waals surface area contributed by atoms with Crippen molar-refractivity contribution in [2.24, 2.45) is 0 Å². The normalized spacial score (nSPS) is 11.6. The monoisotopic (exact) mass is 429 g/mol.